The Morgan fingerprint density at radius 1 is 1.08 bits per heavy atom. The highest BCUT2D eigenvalue weighted by Crippen LogP contribution is 2.38. The Balaban J connectivity index is 1.62. The molecule has 190 valence electrons. The number of hydrogen-bond acceptors (Lipinski definition) is 7. The minimum absolute atomic E-state index is 0.00764. The number of fused-ring (bicyclic) bond motifs is 1. The first-order chi connectivity index (χ1) is 17.7. The maximum Gasteiger partial charge on any atom is 0.175 e. The fraction of sp³-hybridized carbons (Fsp3) is 0.192. The van der Waals surface area contributed by atoms with Crippen LogP contribution in [-0.2, 0) is 29.9 Å². The molecule has 0 aliphatic heterocycles. The Hall–Kier alpha value is -3.73. The minimum atomic E-state index is -3.32. The van der Waals surface area contributed by atoms with Crippen LogP contribution in [0, 0.1) is 0 Å². The number of hydrogen-bond donors (Lipinski definition) is 1. The standard InChI is InChI=1S/C26H24ClN5O4S/c1-31-26-21(23(30-31)16-18-9-11-32(29-18)12-13-33)14-17(25-22(27)4-3-10-28-25)15-24(26)36-19-5-7-20(8-6-19)37(2,34)35/h3-11,14-15,33H,12-13,16H2,1-2H3. The molecule has 0 atom stereocenters. The second-order valence-electron chi connectivity index (χ2n) is 8.59. The molecule has 0 radical (unpaired) electrons. The van der Waals surface area contributed by atoms with Crippen molar-refractivity contribution >= 4 is 32.3 Å². The Kier molecular flexibility index (Phi) is 6.72. The first-order valence-electron chi connectivity index (χ1n) is 11.4. The summed E-state index contributed by atoms with van der Waals surface area (Å²) in [4.78, 5) is 4.68. The van der Waals surface area contributed by atoms with Gasteiger partial charge in [-0.25, -0.2) is 8.42 Å². The van der Waals surface area contributed by atoms with Crippen LogP contribution in [0.2, 0.25) is 5.02 Å². The van der Waals surface area contributed by atoms with Gasteiger partial charge in [-0.15, -0.1) is 0 Å². The number of benzene rings is 2. The fourth-order valence-corrected chi connectivity index (χ4v) is 5.03. The number of aromatic nitrogens is 5. The topological polar surface area (TPSA) is 112 Å². The molecule has 0 spiro atoms. The van der Waals surface area contributed by atoms with E-state index in [0.29, 0.717) is 35.2 Å². The molecule has 2 aromatic carbocycles. The van der Waals surface area contributed by atoms with Crippen molar-refractivity contribution < 1.29 is 18.3 Å². The molecular weight excluding hydrogens is 514 g/mol. The van der Waals surface area contributed by atoms with Crippen molar-refractivity contribution in [3.05, 3.63) is 83.4 Å². The molecule has 5 rings (SSSR count). The van der Waals surface area contributed by atoms with Crippen LogP contribution in [0.1, 0.15) is 11.4 Å². The second-order valence-corrected chi connectivity index (χ2v) is 11.0. The molecular formula is C26H24ClN5O4S. The lowest BCUT2D eigenvalue weighted by Gasteiger charge is -2.12. The van der Waals surface area contributed by atoms with E-state index >= 15 is 0 Å². The molecule has 0 aliphatic carbocycles. The molecule has 0 unspecified atom stereocenters. The Morgan fingerprint density at radius 2 is 1.86 bits per heavy atom. The third-order valence-corrected chi connectivity index (χ3v) is 7.30. The third-order valence-electron chi connectivity index (χ3n) is 5.87. The summed E-state index contributed by atoms with van der Waals surface area (Å²) >= 11 is 6.48. The summed E-state index contributed by atoms with van der Waals surface area (Å²) in [5, 5.41) is 19.8. The monoisotopic (exact) mass is 537 g/mol. The molecule has 0 amide bonds. The zero-order valence-corrected chi connectivity index (χ0v) is 21.7. The quantitative estimate of drug-likeness (QED) is 0.314. The average Bonchev–Trinajstić information content (AvgIpc) is 3.43. The molecule has 9 nitrogen and oxygen atoms in total. The maximum atomic E-state index is 11.9. The molecule has 0 aliphatic rings. The summed E-state index contributed by atoms with van der Waals surface area (Å²) < 4.78 is 33.4. The summed E-state index contributed by atoms with van der Waals surface area (Å²) in [6.07, 6.45) is 5.13. The highest BCUT2D eigenvalue weighted by atomic mass is 35.5. The molecule has 3 aromatic heterocycles. The molecule has 5 aromatic rings. The molecule has 3 heterocycles. The average molecular weight is 538 g/mol. The maximum absolute atomic E-state index is 11.9. The normalized spacial score (nSPS) is 11.8. The number of pyridine rings is 1. The van der Waals surface area contributed by atoms with E-state index in [9.17, 15) is 13.5 Å². The molecule has 0 saturated carbocycles. The Morgan fingerprint density at radius 3 is 2.57 bits per heavy atom. The van der Waals surface area contributed by atoms with Crippen LogP contribution >= 0.6 is 11.6 Å². The van der Waals surface area contributed by atoms with Gasteiger partial charge in [0.15, 0.2) is 15.6 Å². The van der Waals surface area contributed by atoms with Crippen molar-refractivity contribution in [2.24, 2.45) is 7.05 Å². The number of aryl methyl sites for hydroxylation is 1. The van der Waals surface area contributed by atoms with Crippen LogP contribution < -0.4 is 4.74 Å². The summed E-state index contributed by atoms with van der Waals surface area (Å²) in [7, 11) is -1.49. The first kappa shape index (κ1) is 24.9. The van der Waals surface area contributed by atoms with Crippen molar-refractivity contribution in [1.82, 2.24) is 24.5 Å². The zero-order valence-electron chi connectivity index (χ0n) is 20.2. The van der Waals surface area contributed by atoms with Crippen molar-refractivity contribution in [2.75, 3.05) is 12.9 Å². The highest BCUT2D eigenvalue weighted by molar-refractivity contribution is 7.90. The third kappa shape index (κ3) is 5.22. The number of sulfone groups is 1. The Bertz CT molecular complexity index is 1690. The van der Waals surface area contributed by atoms with E-state index in [0.717, 1.165) is 34.1 Å². The minimum Gasteiger partial charge on any atom is -0.455 e. The van der Waals surface area contributed by atoms with E-state index in [-0.39, 0.29) is 11.5 Å². The van der Waals surface area contributed by atoms with Gasteiger partial charge < -0.3 is 9.84 Å². The number of rotatable bonds is 8. The van der Waals surface area contributed by atoms with E-state index in [1.807, 2.05) is 31.4 Å². The van der Waals surface area contributed by atoms with Crippen molar-refractivity contribution in [3.8, 4) is 22.8 Å². The molecule has 1 N–H and O–H groups in total. The van der Waals surface area contributed by atoms with E-state index < -0.39 is 9.84 Å². The number of nitrogens with zero attached hydrogens (tertiary/aromatic N) is 5. The van der Waals surface area contributed by atoms with Gasteiger partial charge >= 0.3 is 0 Å². The smallest absolute Gasteiger partial charge is 0.175 e. The van der Waals surface area contributed by atoms with Gasteiger partial charge in [-0.3, -0.25) is 14.3 Å². The van der Waals surface area contributed by atoms with Gasteiger partial charge in [0.1, 0.15) is 11.3 Å². The van der Waals surface area contributed by atoms with Gasteiger partial charge in [0.05, 0.1) is 40.2 Å². The molecule has 37 heavy (non-hydrogen) atoms. The number of halogens is 1. The molecule has 0 fully saturated rings. The van der Waals surface area contributed by atoms with E-state index in [4.69, 9.17) is 21.4 Å². The van der Waals surface area contributed by atoms with Crippen molar-refractivity contribution in [2.45, 2.75) is 17.9 Å². The van der Waals surface area contributed by atoms with Crippen molar-refractivity contribution in [3.63, 3.8) is 0 Å². The number of ether oxygens (including phenoxy) is 1. The first-order valence-corrected chi connectivity index (χ1v) is 13.7. The van der Waals surface area contributed by atoms with Crippen molar-refractivity contribution in [1.29, 1.82) is 0 Å². The Labute approximate surface area is 218 Å². The zero-order chi connectivity index (χ0) is 26.2. The lowest BCUT2D eigenvalue weighted by Crippen LogP contribution is -2.03. The van der Waals surface area contributed by atoms with E-state index in [2.05, 4.69) is 10.1 Å². The number of aliphatic hydroxyl groups is 1. The van der Waals surface area contributed by atoms with E-state index in [1.165, 1.54) is 12.1 Å². The van der Waals surface area contributed by atoms with Gasteiger partial charge in [0.25, 0.3) is 0 Å². The lowest BCUT2D eigenvalue weighted by atomic mass is 10.0. The molecule has 11 heteroatoms. The lowest BCUT2D eigenvalue weighted by molar-refractivity contribution is 0.269. The van der Waals surface area contributed by atoms with Gasteiger partial charge in [0, 0.05) is 43.1 Å². The summed E-state index contributed by atoms with van der Waals surface area (Å²) in [6.45, 7) is 0.426. The molecule has 0 saturated heterocycles. The molecule has 0 bridgehead atoms. The van der Waals surface area contributed by atoms with E-state index in [1.54, 1.807) is 39.8 Å². The van der Waals surface area contributed by atoms with Crippen LogP contribution in [0.3, 0.4) is 0 Å². The van der Waals surface area contributed by atoms with Gasteiger partial charge in [-0.1, -0.05) is 11.6 Å². The van der Waals surface area contributed by atoms with Gasteiger partial charge in [0.2, 0.25) is 0 Å². The van der Waals surface area contributed by atoms with Crippen LogP contribution in [0.4, 0.5) is 0 Å². The summed E-state index contributed by atoms with van der Waals surface area (Å²) in [6, 6.07) is 15.5. The highest BCUT2D eigenvalue weighted by Gasteiger charge is 2.19. The predicted octanol–water partition coefficient (Wildman–Crippen LogP) is 4.26. The van der Waals surface area contributed by atoms with Gasteiger partial charge in [-0.05, 0) is 54.6 Å². The SMILES string of the molecule is Cn1nc(Cc2ccn(CCO)n2)c2cc(-c3ncccc3Cl)cc(Oc3ccc(S(C)(=O)=O)cc3)c21. The van der Waals surface area contributed by atoms with Crippen LogP contribution in [-0.4, -0.2) is 50.9 Å². The second kappa shape index (κ2) is 9.97. The number of aliphatic hydroxyl groups excluding tert-OH is 1. The van der Waals surface area contributed by atoms with Crippen LogP contribution in [0.15, 0.2) is 71.9 Å². The summed E-state index contributed by atoms with van der Waals surface area (Å²) in [5.41, 5.74) is 3.71. The summed E-state index contributed by atoms with van der Waals surface area (Å²) in [5.74, 6) is 0.997. The largest absolute Gasteiger partial charge is 0.455 e. The fourth-order valence-electron chi connectivity index (χ4n) is 4.17. The van der Waals surface area contributed by atoms with Gasteiger partial charge in [-0.2, -0.15) is 10.2 Å². The predicted molar refractivity (Wildman–Crippen MR) is 141 cm³/mol. The van der Waals surface area contributed by atoms with Crippen LogP contribution in [0.5, 0.6) is 11.5 Å². The van der Waals surface area contributed by atoms with Crippen LogP contribution in [0.25, 0.3) is 22.2 Å².